The number of hydrogen-bond donors (Lipinski definition) is 4. The molecule has 2 aromatic rings. The highest BCUT2D eigenvalue weighted by Crippen LogP contribution is 2.23. The summed E-state index contributed by atoms with van der Waals surface area (Å²) in [5, 5.41) is 11.7. The van der Waals surface area contributed by atoms with E-state index < -0.39 is 5.50 Å². The highest BCUT2D eigenvalue weighted by Gasteiger charge is 2.28. The van der Waals surface area contributed by atoms with Crippen LogP contribution in [-0.4, -0.2) is 49.2 Å². The second-order valence-corrected chi connectivity index (χ2v) is 8.50. The van der Waals surface area contributed by atoms with E-state index in [1.54, 1.807) is 25.3 Å². The molecule has 1 heterocycles. The maximum absolute atomic E-state index is 12.4. The maximum Gasteiger partial charge on any atom is 0.234 e. The first kappa shape index (κ1) is 24.4. The standard InChI is InChI=1S/C23H28N4O5S/c1-31-17-7-5-6-15(10-17)13-24-20(28)11-16-12-21(29)27-23(25-16)33-14-22(30)26-18-8-3-4-9-19(18)32-2/h3-10,16,23,25H,11-14H2,1-2H3,(H,24,28)(H,26,30)(H,27,29). The highest BCUT2D eigenvalue weighted by atomic mass is 32.2. The number of rotatable bonds is 10. The normalized spacial score (nSPS) is 17.6. The summed E-state index contributed by atoms with van der Waals surface area (Å²) in [5.41, 5.74) is 1.04. The molecule has 3 rings (SSSR count). The number of amides is 3. The predicted octanol–water partition coefficient (Wildman–Crippen LogP) is 1.84. The van der Waals surface area contributed by atoms with Crippen LogP contribution in [0.2, 0.25) is 0 Å². The van der Waals surface area contributed by atoms with E-state index in [1.165, 1.54) is 18.9 Å². The van der Waals surface area contributed by atoms with Crippen molar-refractivity contribution >= 4 is 35.2 Å². The van der Waals surface area contributed by atoms with E-state index in [9.17, 15) is 14.4 Å². The van der Waals surface area contributed by atoms with Crippen LogP contribution in [0.15, 0.2) is 48.5 Å². The zero-order chi connectivity index (χ0) is 23.6. The topological polar surface area (TPSA) is 118 Å². The number of anilines is 1. The summed E-state index contributed by atoms with van der Waals surface area (Å²) in [4.78, 5) is 36.8. The molecule has 1 aliphatic rings. The molecule has 10 heteroatoms. The Balaban J connectivity index is 1.44. The molecule has 2 aromatic carbocycles. The van der Waals surface area contributed by atoms with Crippen LogP contribution in [-0.2, 0) is 20.9 Å². The summed E-state index contributed by atoms with van der Waals surface area (Å²) in [7, 11) is 3.13. The van der Waals surface area contributed by atoms with Crippen molar-refractivity contribution in [2.75, 3.05) is 25.3 Å². The molecule has 1 saturated heterocycles. The Kier molecular flexibility index (Phi) is 8.96. The molecule has 0 spiro atoms. The molecule has 0 saturated carbocycles. The van der Waals surface area contributed by atoms with Crippen LogP contribution in [0.5, 0.6) is 11.5 Å². The SMILES string of the molecule is COc1cccc(CNC(=O)CC2CC(=O)NC(SCC(=O)Nc3ccccc3OC)N2)c1. The van der Waals surface area contributed by atoms with Crippen molar-refractivity contribution in [3.8, 4) is 11.5 Å². The van der Waals surface area contributed by atoms with Crippen molar-refractivity contribution in [3.63, 3.8) is 0 Å². The second kappa shape index (κ2) is 12.1. The Morgan fingerprint density at radius 3 is 2.70 bits per heavy atom. The van der Waals surface area contributed by atoms with Gasteiger partial charge in [0.05, 0.1) is 25.7 Å². The lowest BCUT2D eigenvalue weighted by Gasteiger charge is -2.30. The van der Waals surface area contributed by atoms with Crippen LogP contribution in [0.3, 0.4) is 0 Å². The fourth-order valence-corrected chi connectivity index (χ4v) is 4.23. The van der Waals surface area contributed by atoms with Crippen LogP contribution >= 0.6 is 11.8 Å². The van der Waals surface area contributed by atoms with Crippen molar-refractivity contribution in [2.24, 2.45) is 0 Å². The Morgan fingerprint density at radius 1 is 1.09 bits per heavy atom. The van der Waals surface area contributed by atoms with Crippen molar-refractivity contribution < 1.29 is 23.9 Å². The molecule has 1 fully saturated rings. The summed E-state index contributed by atoms with van der Waals surface area (Å²) < 4.78 is 10.4. The summed E-state index contributed by atoms with van der Waals surface area (Å²) >= 11 is 1.25. The molecule has 2 atom stereocenters. The monoisotopic (exact) mass is 472 g/mol. The van der Waals surface area contributed by atoms with Gasteiger partial charge in [-0.15, -0.1) is 11.8 Å². The third-order valence-electron chi connectivity index (χ3n) is 4.93. The number of nitrogens with one attached hydrogen (secondary N) is 4. The second-order valence-electron chi connectivity index (χ2n) is 7.41. The van der Waals surface area contributed by atoms with E-state index in [0.717, 1.165) is 11.3 Å². The first-order chi connectivity index (χ1) is 16.0. The Morgan fingerprint density at radius 2 is 1.91 bits per heavy atom. The number of thioether (sulfide) groups is 1. The molecular formula is C23H28N4O5S. The zero-order valence-electron chi connectivity index (χ0n) is 18.6. The average Bonchev–Trinajstić information content (AvgIpc) is 2.81. The van der Waals surface area contributed by atoms with Gasteiger partial charge in [0.25, 0.3) is 0 Å². The minimum atomic E-state index is -0.467. The smallest absolute Gasteiger partial charge is 0.234 e. The molecule has 1 aliphatic heterocycles. The van der Waals surface area contributed by atoms with Crippen molar-refractivity contribution in [3.05, 3.63) is 54.1 Å². The van der Waals surface area contributed by atoms with E-state index >= 15 is 0 Å². The van der Waals surface area contributed by atoms with Gasteiger partial charge in [-0.2, -0.15) is 0 Å². The lowest BCUT2D eigenvalue weighted by Crippen LogP contribution is -2.56. The number of benzene rings is 2. The molecule has 0 bridgehead atoms. The summed E-state index contributed by atoms with van der Waals surface area (Å²) in [5.74, 6) is 0.857. The molecule has 0 aliphatic carbocycles. The van der Waals surface area contributed by atoms with Gasteiger partial charge in [-0.05, 0) is 29.8 Å². The van der Waals surface area contributed by atoms with E-state index in [0.29, 0.717) is 18.0 Å². The number of carbonyl (C=O) groups is 3. The minimum absolute atomic E-state index is 0.116. The van der Waals surface area contributed by atoms with E-state index in [2.05, 4.69) is 21.3 Å². The third kappa shape index (κ3) is 7.69. The van der Waals surface area contributed by atoms with Gasteiger partial charge in [0, 0.05) is 25.4 Å². The van der Waals surface area contributed by atoms with E-state index in [1.807, 2.05) is 30.3 Å². The average molecular weight is 473 g/mol. The van der Waals surface area contributed by atoms with Crippen LogP contribution < -0.4 is 30.7 Å². The van der Waals surface area contributed by atoms with Gasteiger partial charge in [-0.25, -0.2) is 0 Å². The number of para-hydroxylation sites is 2. The van der Waals surface area contributed by atoms with E-state index in [-0.39, 0.29) is 42.4 Å². The number of hydrogen-bond acceptors (Lipinski definition) is 7. The molecule has 0 radical (unpaired) electrons. The van der Waals surface area contributed by atoms with Gasteiger partial charge in [-0.1, -0.05) is 24.3 Å². The fourth-order valence-electron chi connectivity index (χ4n) is 3.34. The van der Waals surface area contributed by atoms with Gasteiger partial charge in [0.1, 0.15) is 17.0 Å². The van der Waals surface area contributed by atoms with Crippen LogP contribution in [0, 0.1) is 0 Å². The van der Waals surface area contributed by atoms with Crippen molar-refractivity contribution in [1.29, 1.82) is 0 Å². The van der Waals surface area contributed by atoms with Gasteiger partial charge in [0.2, 0.25) is 17.7 Å². The Bertz CT molecular complexity index is 987. The number of methoxy groups -OCH3 is 2. The molecule has 4 N–H and O–H groups in total. The maximum atomic E-state index is 12.4. The lowest BCUT2D eigenvalue weighted by atomic mass is 10.1. The largest absolute Gasteiger partial charge is 0.497 e. The Labute approximate surface area is 197 Å². The molecule has 9 nitrogen and oxygen atoms in total. The molecule has 176 valence electrons. The van der Waals surface area contributed by atoms with Crippen molar-refractivity contribution in [1.82, 2.24) is 16.0 Å². The lowest BCUT2D eigenvalue weighted by molar-refractivity contribution is -0.125. The fraction of sp³-hybridized carbons (Fsp3) is 0.348. The predicted molar refractivity (Wildman–Crippen MR) is 127 cm³/mol. The van der Waals surface area contributed by atoms with Gasteiger partial charge in [-0.3, -0.25) is 19.7 Å². The number of carbonyl (C=O) groups excluding carboxylic acids is 3. The quantitative estimate of drug-likeness (QED) is 0.417. The zero-order valence-corrected chi connectivity index (χ0v) is 19.4. The first-order valence-corrected chi connectivity index (χ1v) is 11.5. The molecule has 3 amide bonds. The highest BCUT2D eigenvalue weighted by molar-refractivity contribution is 8.00. The molecule has 2 unspecified atom stereocenters. The summed E-state index contributed by atoms with van der Waals surface area (Å²) in [6, 6.07) is 14.3. The number of ether oxygens (including phenoxy) is 2. The summed E-state index contributed by atoms with van der Waals surface area (Å²) in [6.07, 6.45) is 0.346. The van der Waals surface area contributed by atoms with Crippen LogP contribution in [0.4, 0.5) is 5.69 Å². The third-order valence-corrected chi connectivity index (χ3v) is 5.94. The minimum Gasteiger partial charge on any atom is -0.497 e. The molecule has 0 aromatic heterocycles. The molecular weight excluding hydrogens is 444 g/mol. The Hall–Kier alpha value is -3.24. The first-order valence-electron chi connectivity index (χ1n) is 10.5. The van der Waals surface area contributed by atoms with Gasteiger partial charge < -0.3 is 25.4 Å². The van der Waals surface area contributed by atoms with E-state index in [4.69, 9.17) is 9.47 Å². The molecule has 33 heavy (non-hydrogen) atoms. The van der Waals surface area contributed by atoms with Crippen LogP contribution in [0.1, 0.15) is 18.4 Å². The van der Waals surface area contributed by atoms with Crippen LogP contribution in [0.25, 0.3) is 0 Å². The summed E-state index contributed by atoms with van der Waals surface area (Å²) in [6.45, 7) is 0.371. The van der Waals surface area contributed by atoms with Gasteiger partial charge >= 0.3 is 0 Å². The van der Waals surface area contributed by atoms with Gasteiger partial charge in [0.15, 0.2) is 0 Å². The van der Waals surface area contributed by atoms with Crippen molar-refractivity contribution in [2.45, 2.75) is 30.9 Å².